The minimum atomic E-state index is -0.573. The highest BCUT2D eigenvalue weighted by Crippen LogP contribution is 2.33. The predicted octanol–water partition coefficient (Wildman–Crippen LogP) is 5.13. The van der Waals surface area contributed by atoms with E-state index in [0.717, 1.165) is 0 Å². The summed E-state index contributed by atoms with van der Waals surface area (Å²) in [6.07, 6.45) is 4.58. The zero-order valence-corrected chi connectivity index (χ0v) is 16.1. The van der Waals surface area contributed by atoms with E-state index in [1.807, 2.05) is 0 Å². The van der Waals surface area contributed by atoms with Crippen molar-refractivity contribution in [1.29, 1.82) is 0 Å². The molecule has 2 aromatic rings. The van der Waals surface area contributed by atoms with Gasteiger partial charge in [-0.25, -0.2) is 4.79 Å². The summed E-state index contributed by atoms with van der Waals surface area (Å²) in [5, 5.41) is 11.4. The molecule has 0 N–H and O–H groups in total. The standard InChI is InChI=1S/C22H13ClN2O5/c23-16-7-3-14(4-8-16)18(26)11-13-24-12-1-2-19-21(24)20(22(27)30-19)15-5-9-17(10-6-15)25(28)29/h1-13H. The van der Waals surface area contributed by atoms with Crippen LogP contribution in [-0.4, -0.2) is 15.3 Å². The van der Waals surface area contributed by atoms with Gasteiger partial charge in [0.1, 0.15) is 5.69 Å². The van der Waals surface area contributed by atoms with Crippen molar-refractivity contribution in [3.05, 3.63) is 104 Å². The molecule has 0 aliphatic carbocycles. The van der Waals surface area contributed by atoms with Gasteiger partial charge >= 0.3 is 5.63 Å². The molecule has 0 saturated carbocycles. The summed E-state index contributed by atoms with van der Waals surface area (Å²) in [5.74, 6) is 0.0957. The first-order valence-electron chi connectivity index (χ1n) is 8.80. The van der Waals surface area contributed by atoms with Crippen molar-refractivity contribution in [2.45, 2.75) is 0 Å². The molecule has 0 aromatic heterocycles. The summed E-state index contributed by atoms with van der Waals surface area (Å²) in [7, 11) is 0. The third kappa shape index (κ3) is 3.66. The minimum Gasteiger partial charge on any atom is -0.421 e. The first-order chi connectivity index (χ1) is 14.4. The Kier molecular flexibility index (Phi) is 5.04. The molecule has 0 spiro atoms. The highest BCUT2D eigenvalue weighted by atomic mass is 35.5. The van der Waals surface area contributed by atoms with Crippen LogP contribution in [0.15, 0.2) is 82.1 Å². The fraction of sp³-hybridized carbons (Fsp3) is 0. The van der Waals surface area contributed by atoms with Crippen LogP contribution in [0.5, 0.6) is 0 Å². The fourth-order valence-electron chi connectivity index (χ4n) is 3.07. The average molecular weight is 421 g/mol. The number of carbonyl (C=O) groups is 1. The quantitative estimate of drug-likeness (QED) is 0.193. The Bertz CT molecular complexity index is 1300. The zero-order valence-electron chi connectivity index (χ0n) is 15.3. The van der Waals surface area contributed by atoms with E-state index in [2.05, 4.69) is 0 Å². The molecular weight excluding hydrogens is 408 g/mol. The highest BCUT2D eigenvalue weighted by molar-refractivity contribution is 6.30. The maximum atomic E-state index is 12.5. The van der Waals surface area contributed by atoms with Crippen LogP contribution in [0, 0.1) is 10.1 Å². The number of nitro benzene ring substituents is 1. The van der Waals surface area contributed by atoms with Gasteiger partial charge in [-0.15, -0.1) is 0 Å². The SMILES string of the molecule is O=C(C=Cn1cccc2oc(=O)c(-c3ccc([N+](=O)[O-])cc3)c1-2)c1ccc(Cl)cc1. The number of ketones is 1. The van der Waals surface area contributed by atoms with Crippen molar-refractivity contribution in [2.75, 3.05) is 0 Å². The van der Waals surface area contributed by atoms with Crippen LogP contribution in [-0.2, 0) is 0 Å². The Labute approximate surface area is 174 Å². The van der Waals surface area contributed by atoms with Gasteiger partial charge in [-0.05, 0) is 54.1 Å². The molecule has 2 aliphatic rings. The molecule has 4 rings (SSSR count). The van der Waals surface area contributed by atoms with Gasteiger partial charge in [0.15, 0.2) is 11.5 Å². The monoisotopic (exact) mass is 420 g/mol. The summed E-state index contributed by atoms with van der Waals surface area (Å²) in [6, 6.07) is 15.4. The van der Waals surface area contributed by atoms with E-state index >= 15 is 0 Å². The molecule has 0 unspecified atom stereocenters. The Balaban J connectivity index is 1.76. The van der Waals surface area contributed by atoms with Gasteiger partial charge in [-0.3, -0.25) is 14.9 Å². The lowest BCUT2D eigenvalue weighted by Crippen LogP contribution is -2.01. The first-order valence-corrected chi connectivity index (χ1v) is 9.18. The molecule has 8 heteroatoms. The maximum Gasteiger partial charge on any atom is 0.346 e. The second-order valence-electron chi connectivity index (χ2n) is 6.38. The molecule has 2 aliphatic heterocycles. The summed E-state index contributed by atoms with van der Waals surface area (Å²) in [6.45, 7) is 0. The largest absolute Gasteiger partial charge is 0.421 e. The number of aromatic nitrogens is 1. The number of halogens is 1. The van der Waals surface area contributed by atoms with Crippen molar-refractivity contribution in [2.24, 2.45) is 0 Å². The molecule has 2 heterocycles. The molecule has 0 amide bonds. The van der Waals surface area contributed by atoms with Gasteiger partial charge in [0.25, 0.3) is 5.69 Å². The second kappa shape index (κ2) is 7.81. The number of rotatable bonds is 5. The van der Waals surface area contributed by atoms with Crippen LogP contribution in [0.4, 0.5) is 5.69 Å². The van der Waals surface area contributed by atoms with Gasteiger partial charge in [-0.1, -0.05) is 11.6 Å². The van der Waals surface area contributed by atoms with Crippen molar-refractivity contribution in [3.63, 3.8) is 0 Å². The van der Waals surface area contributed by atoms with E-state index in [0.29, 0.717) is 27.6 Å². The zero-order chi connectivity index (χ0) is 21.3. The average Bonchev–Trinajstić information content (AvgIpc) is 3.09. The lowest BCUT2D eigenvalue weighted by Gasteiger charge is -2.08. The Morgan fingerprint density at radius 2 is 1.77 bits per heavy atom. The van der Waals surface area contributed by atoms with Crippen LogP contribution < -0.4 is 5.63 Å². The number of fused-ring (bicyclic) bond motifs is 1. The van der Waals surface area contributed by atoms with Crippen LogP contribution in [0.2, 0.25) is 5.02 Å². The van der Waals surface area contributed by atoms with E-state index in [-0.39, 0.29) is 17.0 Å². The van der Waals surface area contributed by atoms with E-state index in [1.54, 1.807) is 47.2 Å². The normalized spacial score (nSPS) is 11.2. The number of benzene rings is 2. The summed E-state index contributed by atoms with van der Waals surface area (Å²) in [5.41, 5.74) is 0.995. The van der Waals surface area contributed by atoms with Crippen LogP contribution in [0.1, 0.15) is 10.4 Å². The molecule has 2 aromatic carbocycles. The number of hydrogen-bond donors (Lipinski definition) is 0. The minimum absolute atomic E-state index is 0.0830. The Hall–Kier alpha value is -3.97. The van der Waals surface area contributed by atoms with Crippen molar-refractivity contribution < 1.29 is 14.1 Å². The molecule has 0 bridgehead atoms. The van der Waals surface area contributed by atoms with Crippen molar-refractivity contribution in [1.82, 2.24) is 4.57 Å². The number of nitro groups is 1. The second-order valence-corrected chi connectivity index (χ2v) is 6.82. The van der Waals surface area contributed by atoms with Crippen molar-refractivity contribution in [3.8, 4) is 22.6 Å². The first kappa shape index (κ1) is 19.4. The Morgan fingerprint density at radius 1 is 1.07 bits per heavy atom. The van der Waals surface area contributed by atoms with Crippen LogP contribution in [0.3, 0.4) is 0 Å². The molecule has 0 saturated heterocycles. The smallest absolute Gasteiger partial charge is 0.346 e. The van der Waals surface area contributed by atoms with Gasteiger partial charge < -0.3 is 8.98 Å². The fourth-order valence-corrected chi connectivity index (χ4v) is 3.20. The number of carbonyl (C=O) groups excluding carboxylic acids is 1. The molecule has 0 fully saturated rings. The number of non-ortho nitro benzene ring substituents is 1. The third-order valence-electron chi connectivity index (χ3n) is 4.51. The lowest BCUT2D eigenvalue weighted by atomic mass is 10.0. The molecular formula is C22H13ClN2O5. The maximum absolute atomic E-state index is 12.5. The van der Waals surface area contributed by atoms with E-state index in [4.69, 9.17) is 16.0 Å². The van der Waals surface area contributed by atoms with Crippen molar-refractivity contribution >= 4 is 29.3 Å². The van der Waals surface area contributed by atoms with Gasteiger partial charge in [0.2, 0.25) is 0 Å². The van der Waals surface area contributed by atoms with Gasteiger partial charge in [0.05, 0.1) is 10.5 Å². The molecule has 7 nitrogen and oxygen atoms in total. The molecule has 148 valence electrons. The molecule has 0 atom stereocenters. The number of hydrogen-bond acceptors (Lipinski definition) is 5. The number of allylic oxidation sites excluding steroid dienone is 1. The number of nitrogens with zero attached hydrogens (tertiary/aromatic N) is 2. The highest BCUT2D eigenvalue weighted by Gasteiger charge is 2.22. The van der Waals surface area contributed by atoms with E-state index in [9.17, 15) is 19.7 Å². The summed E-state index contributed by atoms with van der Waals surface area (Å²) >= 11 is 5.85. The van der Waals surface area contributed by atoms with Gasteiger partial charge in [0, 0.05) is 41.2 Å². The third-order valence-corrected chi connectivity index (χ3v) is 4.76. The number of pyridine rings is 1. The number of furan rings is 1. The van der Waals surface area contributed by atoms with Crippen LogP contribution >= 0.6 is 11.6 Å². The summed E-state index contributed by atoms with van der Waals surface area (Å²) < 4.78 is 6.93. The van der Waals surface area contributed by atoms with E-state index < -0.39 is 10.5 Å². The molecule has 0 radical (unpaired) electrons. The topological polar surface area (TPSA) is 95.3 Å². The Morgan fingerprint density at radius 3 is 2.43 bits per heavy atom. The van der Waals surface area contributed by atoms with Crippen LogP contribution in [0.25, 0.3) is 28.8 Å². The van der Waals surface area contributed by atoms with Gasteiger partial charge in [-0.2, -0.15) is 0 Å². The predicted molar refractivity (Wildman–Crippen MR) is 113 cm³/mol. The lowest BCUT2D eigenvalue weighted by molar-refractivity contribution is -0.384. The summed E-state index contributed by atoms with van der Waals surface area (Å²) in [4.78, 5) is 35.3. The van der Waals surface area contributed by atoms with E-state index in [1.165, 1.54) is 36.5 Å². The molecule has 30 heavy (non-hydrogen) atoms.